The number of hydrogen-bond acceptors (Lipinski definition) is 3. The molecule has 7 heteroatoms. The molecule has 0 unspecified atom stereocenters. The summed E-state index contributed by atoms with van der Waals surface area (Å²) in [7, 11) is 0. The molecule has 6 nitrogen and oxygen atoms in total. The fraction of sp³-hybridized carbons (Fsp3) is 0.286. The Morgan fingerprint density at radius 2 is 2.14 bits per heavy atom. The number of carboxylic acid groups (broad SMARTS) is 1. The van der Waals surface area contributed by atoms with Gasteiger partial charge in [-0.05, 0) is 19.1 Å². The van der Waals surface area contributed by atoms with Gasteiger partial charge in [0.05, 0.1) is 23.9 Å². The molecule has 0 aliphatic rings. The summed E-state index contributed by atoms with van der Waals surface area (Å²) in [5.74, 6) is -1.21. The Bertz CT molecular complexity index is 546. The Morgan fingerprint density at radius 1 is 1.43 bits per heavy atom. The second kappa shape index (κ2) is 8.28. The largest absolute Gasteiger partial charge is 0.478 e. The molecule has 0 bridgehead atoms. The predicted octanol–water partition coefficient (Wildman–Crippen LogP) is 2.75. The minimum atomic E-state index is -1.21. The van der Waals surface area contributed by atoms with Gasteiger partial charge in [-0.25, -0.2) is 9.59 Å². The number of benzene rings is 1. The third-order valence-electron chi connectivity index (χ3n) is 2.36. The molecule has 0 fully saturated rings. The highest BCUT2D eigenvalue weighted by molar-refractivity contribution is 6.34. The van der Waals surface area contributed by atoms with Crippen LogP contribution in [0.15, 0.2) is 30.4 Å². The third kappa shape index (κ3) is 5.85. The van der Waals surface area contributed by atoms with E-state index in [1.807, 2.05) is 6.92 Å². The first kappa shape index (κ1) is 17.0. The molecule has 3 N–H and O–H groups in total. The first-order chi connectivity index (χ1) is 9.91. The fourth-order valence-electron chi connectivity index (χ4n) is 1.50. The lowest BCUT2D eigenvalue weighted by Crippen LogP contribution is -2.32. The average Bonchev–Trinajstić information content (AvgIpc) is 2.37. The molecule has 0 radical (unpaired) electrons. The zero-order valence-corrected chi connectivity index (χ0v) is 12.4. The molecule has 0 atom stereocenters. The molecule has 1 aromatic carbocycles. The smallest absolute Gasteiger partial charge is 0.339 e. The highest BCUT2D eigenvalue weighted by atomic mass is 35.5. The number of urea groups is 1. The number of halogens is 1. The number of aromatic carboxylic acids is 1. The van der Waals surface area contributed by atoms with Crippen LogP contribution in [0.2, 0.25) is 5.02 Å². The molecule has 0 aliphatic carbocycles. The normalized spacial score (nSPS) is 10.0. The van der Waals surface area contributed by atoms with Crippen molar-refractivity contribution in [2.24, 2.45) is 0 Å². The van der Waals surface area contributed by atoms with Crippen LogP contribution >= 0.6 is 11.6 Å². The monoisotopic (exact) mass is 312 g/mol. The van der Waals surface area contributed by atoms with E-state index in [4.69, 9.17) is 21.4 Å². The van der Waals surface area contributed by atoms with Gasteiger partial charge in [0.25, 0.3) is 0 Å². The molecule has 0 aliphatic heterocycles. The summed E-state index contributed by atoms with van der Waals surface area (Å²) in [6.07, 6.45) is 0. The van der Waals surface area contributed by atoms with Gasteiger partial charge in [-0.3, -0.25) is 0 Å². The number of carbonyl (C=O) groups is 2. The van der Waals surface area contributed by atoms with Gasteiger partial charge in [0.2, 0.25) is 0 Å². The Balaban J connectivity index is 2.50. The van der Waals surface area contributed by atoms with E-state index in [0.717, 1.165) is 5.57 Å². The second-order valence-electron chi connectivity index (χ2n) is 4.36. The highest BCUT2D eigenvalue weighted by Gasteiger charge is 2.15. The summed E-state index contributed by atoms with van der Waals surface area (Å²) >= 11 is 5.80. The van der Waals surface area contributed by atoms with Gasteiger partial charge in [0, 0.05) is 6.54 Å². The van der Waals surface area contributed by atoms with Crippen molar-refractivity contribution < 1.29 is 19.4 Å². The second-order valence-corrected chi connectivity index (χ2v) is 4.77. The number of carbonyl (C=O) groups excluding carboxylic acids is 1. The molecule has 0 saturated carbocycles. The van der Waals surface area contributed by atoms with E-state index < -0.39 is 12.0 Å². The molecule has 0 spiro atoms. The van der Waals surface area contributed by atoms with Crippen LogP contribution in [0.1, 0.15) is 17.3 Å². The van der Waals surface area contributed by atoms with Gasteiger partial charge < -0.3 is 20.5 Å². The van der Waals surface area contributed by atoms with E-state index in [0.29, 0.717) is 19.8 Å². The Kier molecular flexibility index (Phi) is 6.71. The maximum atomic E-state index is 11.7. The summed E-state index contributed by atoms with van der Waals surface area (Å²) in [4.78, 5) is 22.8. The van der Waals surface area contributed by atoms with Crippen molar-refractivity contribution >= 4 is 29.3 Å². The zero-order chi connectivity index (χ0) is 15.8. The number of amides is 2. The SMILES string of the molecule is C=C(C)COCCNC(=O)Nc1cccc(Cl)c1C(=O)O. The van der Waals surface area contributed by atoms with E-state index in [9.17, 15) is 9.59 Å². The van der Waals surface area contributed by atoms with E-state index >= 15 is 0 Å². The molecular weight excluding hydrogens is 296 g/mol. The summed E-state index contributed by atoms with van der Waals surface area (Å²) in [6.45, 7) is 6.59. The number of ether oxygens (including phenoxy) is 1. The molecule has 21 heavy (non-hydrogen) atoms. The van der Waals surface area contributed by atoms with Crippen molar-refractivity contribution in [2.75, 3.05) is 25.1 Å². The summed E-state index contributed by atoms with van der Waals surface area (Å²) in [5.41, 5.74) is 0.882. The Labute approximate surface area is 127 Å². The van der Waals surface area contributed by atoms with Gasteiger partial charge in [-0.1, -0.05) is 29.8 Å². The summed E-state index contributed by atoms with van der Waals surface area (Å²) in [6, 6.07) is 3.94. The van der Waals surface area contributed by atoms with Crippen LogP contribution in [0.5, 0.6) is 0 Å². The van der Waals surface area contributed by atoms with E-state index in [1.165, 1.54) is 12.1 Å². The van der Waals surface area contributed by atoms with Gasteiger partial charge in [0.1, 0.15) is 5.56 Å². The molecule has 114 valence electrons. The zero-order valence-electron chi connectivity index (χ0n) is 11.6. The van der Waals surface area contributed by atoms with E-state index in [-0.39, 0.29) is 16.3 Å². The number of nitrogens with one attached hydrogen (secondary N) is 2. The van der Waals surface area contributed by atoms with Crippen LogP contribution in [0.4, 0.5) is 10.5 Å². The minimum Gasteiger partial charge on any atom is -0.478 e. The van der Waals surface area contributed by atoms with Crippen molar-refractivity contribution in [3.8, 4) is 0 Å². The summed E-state index contributed by atoms with van der Waals surface area (Å²) < 4.78 is 5.22. The quantitative estimate of drug-likeness (QED) is 0.533. The molecule has 0 saturated heterocycles. The lowest BCUT2D eigenvalue weighted by Gasteiger charge is -2.11. The number of carboxylic acids is 1. The standard InChI is InChI=1S/C14H17ClN2O4/c1-9(2)8-21-7-6-16-14(20)17-11-5-3-4-10(15)12(11)13(18)19/h3-5H,1,6-8H2,2H3,(H,18,19)(H2,16,17,20). The van der Waals surface area contributed by atoms with Crippen molar-refractivity contribution in [1.82, 2.24) is 5.32 Å². The fourth-order valence-corrected chi connectivity index (χ4v) is 1.75. The van der Waals surface area contributed by atoms with E-state index in [2.05, 4.69) is 17.2 Å². The first-order valence-electron chi connectivity index (χ1n) is 6.20. The predicted molar refractivity (Wildman–Crippen MR) is 81.1 cm³/mol. The van der Waals surface area contributed by atoms with Gasteiger partial charge >= 0.3 is 12.0 Å². The molecule has 1 aromatic rings. The van der Waals surface area contributed by atoms with Crippen molar-refractivity contribution in [2.45, 2.75) is 6.92 Å². The van der Waals surface area contributed by atoms with Gasteiger partial charge in [0.15, 0.2) is 0 Å². The van der Waals surface area contributed by atoms with E-state index in [1.54, 1.807) is 6.07 Å². The summed E-state index contributed by atoms with van der Waals surface area (Å²) in [5, 5.41) is 14.1. The Morgan fingerprint density at radius 3 is 2.76 bits per heavy atom. The molecule has 2 amide bonds. The Hall–Kier alpha value is -2.05. The lowest BCUT2D eigenvalue weighted by atomic mass is 10.2. The first-order valence-corrected chi connectivity index (χ1v) is 6.58. The van der Waals surface area contributed by atoms with Crippen LogP contribution in [-0.2, 0) is 4.74 Å². The lowest BCUT2D eigenvalue weighted by molar-refractivity contribution is 0.0698. The molecule has 1 rings (SSSR count). The van der Waals surface area contributed by atoms with Crippen LogP contribution in [0, 0.1) is 0 Å². The van der Waals surface area contributed by atoms with Crippen LogP contribution < -0.4 is 10.6 Å². The molecule has 0 heterocycles. The molecular formula is C14H17ClN2O4. The van der Waals surface area contributed by atoms with Crippen LogP contribution in [0.3, 0.4) is 0 Å². The maximum Gasteiger partial charge on any atom is 0.339 e. The number of rotatable bonds is 7. The highest BCUT2D eigenvalue weighted by Crippen LogP contribution is 2.24. The van der Waals surface area contributed by atoms with Crippen molar-refractivity contribution in [3.63, 3.8) is 0 Å². The van der Waals surface area contributed by atoms with Crippen molar-refractivity contribution in [1.29, 1.82) is 0 Å². The number of anilines is 1. The van der Waals surface area contributed by atoms with Crippen molar-refractivity contribution in [3.05, 3.63) is 40.9 Å². The minimum absolute atomic E-state index is 0.0603. The van der Waals surface area contributed by atoms with Crippen LogP contribution in [0.25, 0.3) is 0 Å². The maximum absolute atomic E-state index is 11.7. The number of hydrogen-bond donors (Lipinski definition) is 3. The van der Waals surface area contributed by atoms with Crippen LogP contribution in [-0.4, -0.2) is 36.9 Å². The molecule has 0 aromatic heterocycles. The van der Waals surface area contributed by atoms with Gasteiger partial charge in [-0.15, -0.1) is 0 Å². The topological polar surface area (TPSA) is 87.7 Å². The average molecular weight is 313 g/mol. The third-order valence-corrected chi connectivity index (χ3v) is 2.67. The van der Waals surface area contributed by atoms with Gasteiger partial charge in [-0.2, -0.15) is 0 Å².